The highest BCUT2D eigenvalue weighted by molar-refractivity contribution is 9.10. The maximum absolute atomic E-state index is 12.5. The highest BCUT2D eigenvalue weighted by Gasteiger charge is 2.27. The molecule has 2 aromatic rings. The van der Waals surface area contributed by atoms with Crippen molar-refractivity contribution in [3.05, 3.63) is 69.2 Å². The summed E-state index contributed by atoms with van der Waals surface area (Å²) < 4.78 is 6.72. The number of rotatable bonds is 4. The molecule has 1 saturated heterocycles. The van der Waals surface area contributed by atoms with Gasteiger partial charge in [-0.05, 0) is 52.5 Å². The van der Waals surface area contributed by atoms with Crippen molar-refractivity contribution < 1.29 is 9.53 Å². The minimum Gasteiger partial charge on any atom is -0.373 e. The van der Waals surface area contributed by atoms with Gasteiger partial charge in [-0.3, -0.25) is 4.79 Å². The van der Waals surface area contributed by atoms with E-state index in [0.717, 1.165) is 23.9 Å². The van der Waals surface area contributed by atoms with Crippen molar-refractivity contribution in [3.8, 4) is 0 Å². The summed E-state index contributed by atoms with van der Waals surface area (Å²) in [5.41, 5.74) is 1.72. The molecule has 1 fully saturated rings. The summed E-state index contributed by atoms with van der Waals surface area (Å²) in [7, 11) is 0. The fourth-order valence-electron chi connectivity index (χ4n) is 3.05. The largest absolute Gasteiger partial charge is 0.373 e. The number of carbonyl (C=O) groups is 1. The SMILES string of the molecule is O=C(NCC1CCCOC1c1ccccc1)c1cc(Cl)ccc1Br. The fourth-order valence-corrected chi connectivity index (χ4v) is 3.65. The lowest BCUT2D eigenvalue weighted by atomic mass is 9.89. The van der Waals surface area contributed by atoms with Crippen molar-refractivity contribution >= 4 is 33.4 Å². The molecule has 2 atom stereocenters. The van der Waals surface area contributed by atoms with Gasteiger partial charge in [0.2, 0.25) is 0 Å². The average Bonchev–Trinajstić information content (AvgIpc) is 2.62. The molecule has 3 nitrogen and oxygen atoms in total. The molecular formula is C19H19BrClNO2. The molecule has 24 heavy (non-hydrogen) atoms. The van der Waals surface area contributed by atoms with E-state index >= 15 is 0 Å². The Hall–Kier alpha value is -1.36. The van der Waals surface area contributed by atoms with Gasteiger partial charge in [0, 0.05) is 28.6 Å². The van der Waals surface area contributed by atoms with E-state index in [2.05, 4.69) is 33.4 Å². The Labute approximate surface area is 155 Å². The van der Waals surface area contributed by atoms with Gasteiger partial charge in [-0.1, -0.05) is 41.9 Å². The second kappa shape index (κ2) is 8.15. The molecule has 1 heterocycles. The highest BCUT2D eigenvalue weighted by Crippen LogP contribution is 2.33. The van der Waals surface area contributed by atoms with Gasteiger partial charge < -0.3 is 10.1 Å². The van der Waals surface area contributed by atoms with Crippen LogP contribution in [0.25, 0.3) is 0 Å². The summed E-state index contributed by atoms with van der Waals surface area (Å²) in [4.78, 5) is 12.5. The lowest BCUT2D eigenvalue weighted by molar-refractivity contribution is -0.0272. The number of amides is 1. The third-order valence-corrected chi connectivity index (χ3v) is 5.20. The molecular weight excluding hydrogens is 390 g/mol. The van der Waals surface area contributed by atoms with E-state index in [4.69, 9.17) is 16.3 Å². The molecule has 126 valence electrons. The van der Waals surface area contributed by atoms with E-state index in [1.807, 2.05) is 18.2 Å². The van der Waals surface area contributed by atoms with Gasteiger partial charge in [-0.15, -0.1) is 0 Å². The summed E-state index contributed by atoms with van der Waals surface area (Å²) in [5, 5.41) is 3.58. The number of hydrogen-bond donors (Lipinski definition) is 1. The fraction of sp³-hybridized carbons (Fsp3) is 0.316. The first-order chi connectivity index (χ1) is 11.6. The number of ether oxygens (including phenoxy) is 1. The molecule has 2 unspecified atom stereocenters. The summed E-state index contributed by atoms with van der Waals surface area (Å²) in [5.74, 6) is 0.143. The zero-order chi connectivity index (χ0) is 16.9. The molecule has 0 aliphatic carbocycles. The van der Waals surface area contributed by atoms with E-state index in [9.17, 15) is 4.79 Å². The Balaban J connectivity index is 1.68. The normalized spacial score (nSPS) is 20.6. The number of nitrogens with one attached hydrogen (secondary N) is 1. The van der Waals surface area contributed by atoms with Crippen LogP contribution in [0.3, 0.4) is 0 Å². The molecule has 1 N–H and O–H groups in total. The van der Waals surface area contributed by atoms with Gasteiger partial charge in [0.1, 0.15) is 0 Å². The molecule has 0 radical (unpaired) electrons. The van der Waals surface area contributed by atoms with E-state index in [1.54, 1.807) is 18.2 Å². The number of halogens is 2. The highest BCUT2D eigenvalue weighted by atomic mass is 79.9. The van der Waals surface area contributed by atoms with Gasteiger partial charge in [-0.25, -0.2) is 0 Å². The van der Waals surface area contributed by atoms with Crippen LogP contribution in [0.4, 0.5) is 0 Å². The van der Waals surface area contributed by atoms with Crippen LogP contribution in [0.1, 0.15) is 34.9 Å². The number of hydrogen-bond acceptors (Lipinski definition) is 2. The maximum Gasteiger partial charge on any atom is 0.252 e. The van der Waals surface area contributed by atoms with Crippen LogP contribution in [0.15, 0.2) is 53.0 Å². The Bertz CT molecular complexity index is 708. The minimum atomic E-state index is -0.123. The van der Waals surface area contributed by atoms with Crippen LogP contribution in [0.5, 0.6) is 0 Å². The Kier molecular flexibility index (Phi) is 5.93. The quantitative estimate of drug-likeness (QED) is 0.773. The second-order valence-electron chi connectivity index (χ2n) is 5.94. The Morgan fingerprint density at radius 1 is 1.25 bits per heavy atom. The van der Waals surface area contributed by atoms with Crippen LogP contribution in [0.2, 0.25) is 5.02 Å². The van der Waals surface area contributed by atoms with Crippen LogP contribution in [-0.4, -0.2) is 19.1 Å². The van der Waals surface area contributed by atoms with Crippen molar-refractivity contribution in [2.75, 3.05) is 13.2 Å². The topological polar surface area (TPSA) is 38.3 Å². The monoisotopic (exact) mass is 407 g/mol. The summed E-state index contributed by atoms with van der Waals surface area (Å²) in [6.45, 7) is 1.35. The average molecular weight is 409 g/mol. The van der Waals surface area contributed by atoms with Crippen LogP contribution in [0, 0.1) is 5.92 Å². The van der Waals surface area contributed by atoms with Gasteiger partial charge in [0.25, 0.3) is 5.91 Å². The third kappa shape index (κ3) is 4.18. The van der Waals surface area contributed by atoms with Crippen LogP contribution in [-0.2, 0) is 4.74 Å². The van der Waals surface area contributed by atoms with Gasteiger partial charge in [0.05, 0.1) is 11.7 Å². The van der Waals surface area contributed by atoms with E-state index in [0.29, 0.717) is 17.1 Å². The smallest absolute Gasteiger partial charge is 0.252 e. The molecule has 2 aromatic carbocycles. The van der Waals surface area contributed by atoms with Gasteiger partial charge in [0.15, 0.2) is 0 Å². The predicted octanol–water partition coefficient (Wildman–Crippen LogP) is 5.00. The lowest BCUT2D eigenvalue weighted by Gasteiger charge is -2.32. The van der Waals surface area contributed by atoms with Gasteiger partial charge >= 0.3 is 0 Å². The lowest BCUT2D eigenvalue weighted by Crippen LogP contribution is -2.35. The van der Waals surface area contributed by atoms with E-state index in [1.165, 1.54) is 5.56 Å². The Morgan fingerprint density at radius 3 is 2.83 bits per heavy atom. The molecule has 0 bridgehead atoms. The molecule has 1 amide bonds. The minimum absolute atomic E-state index is 0.0306. The molecule has 3 rings (SSSR count). The van der Waals surface area contributed by atoms with Crippen molar-refractivity contribution in [3.63, 3.8) is 0 Å². The van der Waals surface area contributed by atoms with Crippen LogP contribution < -0.4 is 5.32 Å². The summed E-state index contributed by atoms with van der Waals surface area (Å²) in [6, 6.07) is 15.4. The van der Waals surface area contributed by atoms with E-state index < -0.39 is 0 Å². The predicted molar refractivity (Wildman–Crippen MR) is 99.3 cm³/mol. The van der Waals surface area contributed by atoms with Crippen molar-refractivity contribution in [2.24, 2.45) is 5.92 Å². The molecule has 1 aliphatic heterocycles. The van der Waals surface area contributed by atoms with Crippen LogP contribution >= 0.6 is 27.5 Å². The molecule has 0 aromatic heterocycles. The standard InChI is InChI=1S/C19H19BrClNO2/c20-17-9-8-15(21)11-16(17)19(23)22-12-14-7-4-10-24-18(14)13-5-2-1-3-6-13/h1-3,5-6,8-9,11,14,18H,4,7,10,12H2,(H,22,23). The van der Waals surface area contributed by atoms with Crippen molar-refractivity contribution in [1.82, 2.24) is 5.32 Å². The summed E-state index contributed by atoms with van der Waals surface area (Å²) in [6.07, 6.45) is 2.09. The van der Waals surface area contributed by atoms with Crippen molar-refractivity contribution in [1.29, 1.82) is 0 Å². The van der Waals surface area contributed by atoms with Crippen molar-refractivity contribution in [2.45, 2.75) is 18.9 Å². The zero-order valence-electron chi connectivity index (χ0n) is 13.2. The number of benzene rings is 2. The zero-order valence-corrected chi connectivity index (χ0v) is 15.5. The molecule has 0 saturated carbocycles. The summed E-state index contributed by atoms with van der Waals surface area (Å²) >= 11 is 9.39. The molecule has 1 aliphatic rings. The first kappa shape index (κ1) is 17.5. The first-order valence-corrected chi connectivity index (χ1v) is 9.22. The van der Waals surface area contributed by atoms with Gasteiger partial charge in [-0.2, -0.15) is 0 Å². The first-order valence-electron chi connectivity index (χ1n) is 8.05. The second-order valence-corrected chi connectivity index (χ2v) is 7.23. The maximum atomic E-state index is 12.5. The van der Waals surface area contributed by atoms with E-state index in [-0.39, 0.29) is 17.9 Å². The third-order valence-electron chi connectivity index (χ3n) is 4.27. The number of carbonyl (C=O) groups excluding carboxylic acids is 1. The molecule has 5 heteroatoms. The Morgan fingerprint density at radius 2 is 2.04 bits per heavy atom. The molecule has 0 spiro atoms.